The fourth-order valence-corrected chi connectivity index (χ4v) is 4.10. The largest absolute Gasteiger partial charge is 0.485 e. The second kappa shape index (κ2) is 8.58. The molecule has 0 radical (unpaired) electrons. The molecular formula is C22H27N5O4. The third-order valence-corrected chi connectivity index (χ3v) is 5.82. The maximum atomic E-state index is 13.0. The van der Waals surface area contributed by atoms with Crippen LogP contribution in [0.15, 0.2) is 30.3 Å². The molecular weight excluding hydrogens is 398 g/mol. The van der Waals surface area contributed by atoms with E-state index in [2.05, 4.69) is 14.8 Å². The van der Waals surface area contributed by atoms with Gasteiger partial charge in [0.2, 0.25) is 12.1 Å². The first-order valence-electron chi connectivity index (χ1n) is 10.8. The molecule has 2 fully saturated rings. The zero-order chi connectivity index (χ0) is 21.2. The Labute approximate surface area is 181 Å². The number of carbonyl (C=O) groups excluding carboxylic acids is 1. The third kappa shape index (κ3) is 4.23. The number of fused-ring (bicyclic) bond motifs is 1. The second-order valence-corrected chi connectivity index (χ2v) is 7.94. The van der Waals surface area contributed by atoms with Gasteiger partial charge in [0, 0.05) is 51.0 Å². The molecule has 1 atom stereocenters. The molecule has 4 heterocycles. The lowest BCUT2D eigenvalue weighted by Crippen LogP contribution is -2.54. The molecule has 0 spiro atoms. The van der Waals surface area contributed by atoms with Crippen molar-refractivity contribution < 1.29 is 19.0 Å². The van der Waals surface area contributed by atoms with Crippen LogP contribution in [-0.2, 0) is 9.53 Å². The van der Waals surface area contributed by atoms with Crippen molar-refractivity contribution in [1.82, 2.24) is 14.9 Å². The molecule has 9 heteroatoms. The van der Waals surface area contributed by atoms with Gasteiger partial charge in [-0.1, -0.05) is 12.1 Å². The molecule has 3 aliphatic rings. The lowest BCUT2D eigenvalue weighted by Gasteiger charge is -2.37. The number of para-hydroxylation sites is 2. The van der Waals surface area contributed by atoms with Crippen LogP contribution < -0.4 is 19.3 Å². The molecule has 5 rings (SSSR count). The quantitative estimate of drug-likeness (QED) is 0.724. The van der Waals surface area contributed by atoms with Gasteiger partial charge in [0.1, 0.15) is 12.4 Å². The molecule has 164 valence electrons. The highest BCUT2D eigenvalue weighted by Gasteiger charge is 2.33. The lowest BCUT2D eigenvalue weighted by atomic mass is 10.2. The number of carbonyl (C=O) groups is 1. The number of benzene rings is 1. The number of morpholine rings is 1. The highest BCUT2D eigenvalue weighted by atomic mass is 16.6. The highest BCUT2D eigenvalue weighted by Crippen LogP contribution is 2.31. The molecule has 9 nitrogen and oxygen atoms in total. The smallest absolute Gasteiger partial charge is 0.267 e. The van der Waals surface area contributed by atoms with Gasteiger partial charge < -0.3 is 28.9 Å². The molecule has 2 aromatic rings. The number of piperazine rings is 1. The van der Waals surface area contributed by atoms with Crippen LogP contribution in [0.2, 0.25) is 0 Å². The van der Waals surface area contributed by atoms with Gasteiger partial charge in [-0.25, -0.2) is 4.98 Å². The number of ether oxygens (including phenoxy) is 3. The van der Waals surface area contributed by atoms with Crippen LogP contribution in [0.1, 0.15) is 5.69 Å². The number of hydrogen-bond acceptors (Lipinski definition) is 8. The lowest BCUT2D eigenvalue weighted by molar-refractivity contribution is -0.141. The fourth-order valence-electron chi connectivity index (χ4n) is 4.10. The molecule has 2 saturated heterocycles. The van der Waals surface area contributed by atoms with Crippen LogP contribution in [0.25, 0.3) is 0 Å². The van der Waals surface area contributed by atoms with Gasteiger partial charge >= 0.3 is 0 Å². The second-order valence-electron chi connectivity index (χ2n) is 7.94. The summed E-state index contributed by atoms with van der Waals surface area (Å²) in [5.74, 6) is 2.93. The molecule has 1 aromatic carbocycles. The zero-order valence-corrected chi connectivity index (χ0v) is 17.7. The Hall–Kier alpha value is -3.07. The Balaban J connectivity index is 1.22. The Morgan fingerprint density at radius 2 is 1.71 bits per heavy atom. The third-order valence-electron chi connectivity index (χ3n) is 5.82. The topological polar surface area (TPSA) is 80.3 Å². The minimum Gasteiger partial charge on any atom is -0.485 e. The number of hydrogen-bond donors (Lipinski definition) is 0. The first kappa shape index (κ1) is 19.9. The summed E-state index contributed by atoms with van der Waals surface area (Å²) in [5.41, 5.74) is 0.941. The maximum Gasteiger partial charge on any atom is 0.267 e. The van der Waals surface area contributed by atoms with Crippen molar-refractivity contribution in [3.63, 3.8) is 0 Å². The van der Waals surface area contributed by atoms with E-state index in [4.69, 9.17) is 19.2 Å². The van der Waals surface area contributed by atoms with E-state index in [0.29, 0.717) is 37.7 Å². The molecule has 1 aromatic heterocycles. The number of aromatic nitrogens is 2. The first-order chi connectivity index (χ1) is 15.2. The zero-order valence-electron chi connectivity index (χ0n) is 17.7. The molecule has 3 aliphatic heterocycles. The molecule has 0 saturated carbocycles. The van der Waals surface area contributed by atoms with Crippen molar-refractivity contribution in [3.05, 3.63) is 36.0 Å². The molecule has 0 bridgehead atoms. The SMILES string of the molecule is Cc1cc(N2CCOCC2)nc(N2CCN(C(=O)C3COc4ccccc4O3)CC2)n1. The van der Waals surface area contributed by atoms with Gasteiger partial charge in [-0.3, -0.25) is 4.79 Å². The molecule has 1 amide bonds. The number of nitrogens with zero attached hydrogens (tertiary/aromatic N) is 5. The van der Waals surface area contributed by atoms with Gasteiger partial charge in [-0.2, -0.15) is 4.98 Å². The number of aryl methyl sites for hydroxylation is 1. The summed E-state index contributed by atoms with van der Waals surface area (Å²) in [6, 6.07) is 9.46. The minimum absolute atomic E-state index is 0.0340. The van der Waals surface area contributed by atoms with Crippen LogP contribution in [0, 0.1) is 6.92 Å². The van der Waals surface area contributed by atoms with Crippen molar-refractivity contribution >= 4 is 17.7 Å². The van der Waals surface area contributed by atoms with Crippen LogP contribution >= 0.6 is 0 Å². The van der Waals surface area contributed by atoms with Gasteiger partial charge in [0.05, 0.1) is 13.2 Å². The van der Waals surface area contributed by atoms with Crippen molar-refractivity contribution in [2.24, 2.45) is 0 Å². The van der Waals surface area contributed by atoms with E-state index < -0.39 is 6.10 Å². The number of amides is 1. The monoisotopic (exact) mass is 425 g/mol. The maximum absolute atomic E-state index is 13.0. The van der Waals surface area contributed by atoms with E-state index in [1.54, 1.807) is 0 Å². The fraction of sp³-hybridized carbons (Fsp3) is 0.500. The standard InChI is InChI=1S/C22H27N5O4/c1-16-14-20(25-10-12-29-13-11-25)24-22(23-16)27-8-6-26(7-9-27)21(28)19-15-30-17-4-2-3-5-18(17)31-19/h2-5,14,19H,6-13,15H2,1H3. The van der Waals surface area contributed by atoms with Crippen LogP contribution in [0.3, 0.4) is 0 Å². The van der Waals surface area contributed by atoms with Crippen molar-refractivity contribution in [2.75, 3.05) is 68.9 Å². The van der Waals surface area contributed by atoms with Gasteiger partial charge in [0.15, 0.2) is 11.5 Å². The Bertz CT molecular complexity index is 941. The van der Waals surface area contributed by atoms with Crippen LogP contribution in [0.4, 0.5) is 11.8 Å². The van der Waals surface area contributed by atoms with Gasteiger partial charge in [-0.05, 0) is 19.1 Å². The minimum atomic E-state index is -0.607. The summed E-state index contributed by atoms with van der Waals surface area (Å²) in [4.78, 5) is 28.6. The van der Waals surface area contributed by atoms with Crippen molar-refractivity contribution in [2.45, 2.75) is 13.0 Å². The summed E-state index contributed by atoms with van der Waals surface area (Å²) in [6.45, 7) is 7.91. The average molecular weight is 425 g/mol. The van der Waals surface area contributed by atoms with E-state index in [1.807, 2.05) is 42.2 Å². The van der Waals surface area contributed by atoms with Gasteiger partial charge in [0.25, 0.3) is 5.91 Å². The van der Waals surface area contributed by atoms with Crippen molar-refractivity contribution in [1.29, 1.82) is 0 Å². The molecule has 31 heavy (non-hydrogen) atoms. The molecule has 1 unspecified atom stereocenters. The summed E-state index contributed by atoms with van der Waals surface area (Å²) in [7, 11) is 0. The predicted molar refractivity (Wildman–Crippen MR) is 115 cm³/mol. The summed E-state index contributed by atoms with van der Waals surface area (Å²) in [6.07, 6.45) is -0.607. The Kier molecular flexibility index (Phi) is 5.50. The van der Waals surface area contributed by atoms with Crippen molar-refractivity contribution in [3.8, 4) is 11.5 Å². The summed E-state index contributed by atoms with van der Waals surface area (Å²) in [5, 5.41) is 0. The number of rotatable bonds is 3. The van der Waals surface area contributed by atoms with E-state index >= 15 is 0 Å². The van der Waals surface area contributed by atoms with E-state index in [9.17, 15) is 4.79 Å². The van der Waals surface area contributed by atoms with E-state index in [0.717, 1.165) is 43.8 Å². The van der Waals surface area contributed by atoms with Gasteiger partial charge in [-0.15, -0.1) is 0 Å². The Morgan fingerprint density at radius 3 is 2.48 bits per heavy atom. The van der Waals surface area contributed by atoms with Crippen LogP contribution in [0.5, 0.6) is 11.5 Å². The van der Waals surface area contributed by atoms with E-state index in [-0.39, 0.29) is 12.5 Å². The average Bonchev–Trinajstić information content (AvgIpc) is 2.83. The normalized spacial score (nSPS) is 21.2. The molecule has 0 N–H and O–H groups in total. The number of anilines is 2. The first-order valence-corrected chi connectivity index (χ1v) is 10.8. The summed E-state index contributed by atoms with van der Waals surface area (Å²) < 4.78 is 17.0. The highest BCUT2D eigenvalue weighted by molar-refractivity contribution is 5.82. The Morgan fingerprint density at radius 1 is 0.968 bits per heavy atom. The summed E-state index contributed by atoms with van der Waals surface area (Å²) >= 11 is 0. The molecule has 0 aliphatic carbocycles. The predicted octanol–water partition coefficient (Wildman–Crippen LogP) is 1.11. The van der Waals surface area contributed by atoms with E-state index in [1.165, 1.54) is 0 Å². The van der Waals surface area contributed by atoms with Crippen LogP contribution in [-0.4, -0.2) is 86.0 Å².